The first kappa shape index (κ1) is 13.5. The maximum atomic E-state index is 3.69. The van der Waals surface area contributed by atoms with Crippen LogP contribution in [0.25, 0.3) is 0 Å². The molecule has 0 saturated heterocycles. The molecule has 1 fully saturated rings. The van der Waals surface area contributed by atoms with E-state index in [0.29, 0.717) is 5.92 Å². The number of anilines is 1. The van der Waals surface area contributed by atoms with E-state index >= 15 is 0 Å². The van der Waals surface area contributed by atoms with Crippen molar-refractivity contribution < 1.29 is 0 Å². The van der Waals surface area contributed by atoms with Crippen LogP contribution in [0.3, 0.4) is 0 Å². The summed E-state index contributed by atoms with van der Waals surface area (Å²) in [5.41, 5.74) is 2.79. The molecule has 0 aromatic heterocycles. The maximum Gasteiger partial charge on any atom is 0.0375 e. The van der Waals surface area contributed by atoms with E-state index in [4.69, 9.17) is 0 Å². The molecule has 1 N–H and O–H groups in total. The van der Waals surface area contributed by atoms with Crippen LogP contribution in [0.1, 0.15) is 63.9 Å². The standard InChI is InChI=1S/C17H27N/c1-14(2)16-11-7-8-12-17(16)18-13-15-9-5-3-4-6-10-15/h7-8,11-12,14-15,18H,3-6,9-10,13H2,1-2H3. The van der Waals surface area contributed by atoms with Gasteiger partial charge in [0, 0.05) is 12.2 Å². The zero-order chi connectivity index (χ0) is 12.8. The second-order valence-electron chi connectivity index (χ2n) is 5.98. The van der Waals surface area contributed by atoms with Crippen LogP contribution in [0.4, 0.5) is 5.69 Å². The van der Waals surface area contributed by atoms with E-state index in [2.05, 4.69) is 43.4 Å². The fourth-order valence-electron chi connectivity index (χ4n) is 2.98. The number of hydrogen-bond acceptors (Lipinski definition) is 1. The molecule has 1 aromatic rings. The highest BCUT2D eigenvalue weighted by Gasteiger charge is 2.13. The summed E-state index contributed by atoms with van der Waals surface area (Å²) in [6.45, 7) is 5.70. The van der Waals surface area contributed by atoms with E-state index in [-0.39, 0.29) is 0 Å². The third-order valence-corrected chi connectivity index (χ3v) is 4.14. The van der Waals surface area contributed by atoms with Crippen LogP contribution < -0.4 is 5.32 Å². The largest absolute Gasteiger partial charge is 0.385 e. The summed E-state index contributed by atoms with van der Waals surface area (Å²) in [7, 11) is 0. The van der Waals surface area contributed by atoms with Gasteiger partial charge in [-0.25, -0.2) is 0 Å². The molecule has 0 amide bonds. The quantitative estimate of drug-likeness (QED) is 0.720. The van der Waals surface area contributed by atoms with Crippen molar-refractivity contribution >= 4 is 5.69 Å². The lowest BCUT2D eigenvalue weighted by Crippen LogP contribution is -2.14. The summed E-state index contributed by atoms with van der Waals surface area (Å²) in [6, 6.07) is 8.76. The van der Waals surface area contributed by atoms with Gasteiger partial charge in [0.05, 0.1) is 0 Å². The Morgan fingerprint density at radius 1 is 1.06 bits per heavy atom. The summed E-state index contributed by atoms with van der Waals surface area (Å²) < 4.78 is 0. The van der Waals surface area contributed by atoms with Gasteiger partial charge >= 0.3 is 0 Å². The number of nitrogens with one attached hydrogen (secondary N) is 1. The number of rotatable bonds is 4. The first-order valence-electron chi connectivity index (χ1n) is 7.60. The molecular formula is C17H27N. The fraction of sp³-hybridized carbons (Fsp3) is 0.647. The van der Waals surface area contributed by atoms with Crippen molar-refractivity contribution in [2.75, 3.05) is 11.9 Å². The molecule has 1 aromatic carbocycles. The van der Waals surface area contributed by atoms with Gasteiger partial charge in [0.1, 0.15) is 0 Å². The predicted octanol–water partition coefficient (Wildman–Crippen LogP) is 5.19. The second kappa shape index (κ2) is 6.82. The highest BCUT2D eigenvalue weighted by molar-refractivity contribution is 5.52. The first-order chi connectivity index (χ1) is 8.77. The normalized spacial score (nSPS) is 17.7. The average molecular weight is 245 g/mol. The summed E-state index contributed by atoms with van der Waals surface area (Å²) in [5, 5.41) is 3.69. The lowest BCUT2D eigenvalue weighted by atomic mass is 9.98. The molecule has 0 bridgehead atoms. The average Bonchev–Trinajstić information content (AvgIpc) is 2.65. The maximum absolute atomic E-state index is 3.69. The number of para-hydroxylation sites is 1. The van der Waals surface area contributed by atoms with Crippen LogP contribution in [0.15, 0.2) is 24.3 Å². The van der Waals surface area contributed by atoms with Gasteiger partial charge in [0.25, 0.3) is 0 Å². The molecule has 18 heavy (non-hydrogen) atoms. The molecule has 0 atom stereocenters. The van der Waals surface area contributed by atoms with Gasteiger partial charge in [-0.15, -0.1) is 0 Å². The molecule has 0 heterocycles. The molecule has 1 aliphatic rings. The second-order valence-corrected chi connectivity index (χ2v) is 5.98. The third-order valence-electron chi connectivity index (χ3n) is 4.14. The van der Waals surface area contributed by atoms with E-state index in [9.17, 15) is 0 Å². The zero-order valence-electron chi connectivity index (χ0n) is 11.9. The zero-order valence-corrected chi connectivity index (χ0v) is 11.9. The van der Waals surface area contributed by atoms with Gasteiger partial charge in [-0.3, -0.25) is 0 Å². The smallest absolute Gasteiger partial charge is 0.0375 e. The molecule has 2 rings (SSSR count). The molecule has 0 aliphatic heterocycles. The van der Waals surface area contributed by atoms with Crippen LogP contribution in [-0.4, -0.2) is 6.54 Å². The van der Waals surface area contributed by atoms with Crippen molar-refractivity contribution in [2.24, 2.45) is 5.92 Å². The van der Waals surface area contributed by atoms with Crippen molar-refractivity contribution in [3.63, 3.8) is 0 Å². The molecule has 0 radical (unpaired) electrons. The molecule has 1 heteroatoms. The number of benzene rings is 1. The van der Waals surface area contributed by atoms with Gasteiger partial charge < -0.3 is 5.32 Å². The third kappa shape index (κ3) is 3.76. The topological polar surface area (TPSA) is 12.0 Å². The predicted molar refractivity (Wildman–Crippen MR) is 80.2 cm³/mol. The SMILES string of the molecule is CC(C)c1ccccc1NCC1CCCCCC1. The molecule has 100 valence electrons. The highest BCUT2D eigenvalue weighted by atomic mass is 14.9. The van der Waals surface area contributed by atoms with Gasteiger partial charge in [-0.05, 0) is 36.3 Å². The molecule has 1 saturated carbocycles. The summed E-state index contributed by atoms with van der Waals surface area (Å²) in [6.07, 6.45) is 8.57. The minimum Gasteiger partial charge on any atom is -0.385 e. The highest BCUT2D eigenvalue weighted by Crippen LogP contribution is 2.26. The molecular weight excluding hydrogens is 218 g/mol. The Morgan fingerprint density at radius 3 is 2.39 bits per heavy atom. The summed E-state index contributed by atoms with van der Waals surface area (Å²) >= 11 is 0. The Balaban J connectivity index is 1.92. The van der Waals surface area contributed by atoms with Crippen molar-refractivity contribution in [3.8, 4) is 0 Å². The van der Waals surface area contributed by atoms with Gasteiger partial charge in [-0.2, -0.15) is 0 Å². The van der Waals surface area contributed by atoms with Crippen molar-refractivity contribution in [3.05, 3.63) is 29.8 Å². The number of hydrogen-bond donors (Lipinski definition) is 1. The van der Waals surface area contributed by atoms with Gasteiger partial charge in [0.2, 0.25) is 0 Å². The molecule has 1 nitrogen and oxygen atoms in total. The van der Waals surface area contributed by atoms with E-state index in [1.165, 1.54) is 49.8 Å². The molecule has 0 unspecified atom stereocenters. The lowest BCUT2D eigenvalue weighted by Gasteiger charge is -2.19. The van der Waals surface area contributed by atoms with Crippen molar-refractivity contribution in [2.45, 2.75) is 58.3 Å². The molecule has 1 aliphatic carbocycles. The van der Waals surface area contributed by atoms with E-state index in [1.54, 1.807) is 0 Å². The minimum absolute atomic E-state index is 0.600. The lowest BCUT2D eigenvalue weighted by molar-refractivity contribution is 0.483. The van der Waals surface area contributed by atoms with Gasteiger partial charge in [0.15, 0.2) is 0 Å². The first-order valence-corrected chi connectivity index (χ1v) is 7.60. The van der Waals surface area contributed by atoms with Gasteiger partial charge in [-0.1, -0.05) is 57.7 Å². The minimum atomic E-state index is 0.600. The Bertz CT molecular complexity index is 348. The summed E-state index contributed by atoms with van der Waals surface area (Å²) in [4.78, 5) is 0. The Kier molecular flexibility index (Phi) is 5.10. The summed E-state index contributed by atoms with van der Waals surface area (Å²) in [5.74, 6) is 1.48. The van der Waals surface area contributed by atoms with Crippen LogP contribution in [0, 0.1) is 5.92 Å². The van der Waals surface area contributed by atoms with Crippen LogP contribution in [-0.2, 0) is 0 Å². The van der Waals surface area contributed by atoms with Crippen molar-refractivity contribution in [1.82, 2.24) is 0 Å². The Morgan fingerprint density at radius 2 is 1.72 bits per heavy atom. The molecule has 0 spiro atoms. The monoisotopic (exact) mass is 245 g/mol. The Hall–Kier alpha value is -0.980. The Labute approximate surface area is 112 Å². The van der Waals surface area contributed by atoms with E-state index in [1.807, 2.05) is 0 Å². The van der Waals surface area contributed by atoms with E-state index in [0.717, 1.165) is 12.5 Å². The fourth-order valence-corrected chi connectivity index (χ4v) is 2.98. The van der Waals surface area contributed by atoms with E-state index < -0.39 is 0 Å². The van der Waals surface area contributed by atoms with Crippen LogP contribution in [0.2, 0.25) is 0 Å². The van der Waals surface area contributed by atoms with Crippen LogP contribution in [0.5, 0.6) is 0 Å². The van der Waals surface area contributed by atoms with Crippen LogP contribution >= 0.6 is 0 Å². The van der Waals surface area contributed by atoms with Crippen molar-refractivity contribution in [1.29, 1.82) is 0 Å².